The quantitative estimate of drug-likeness (QED) is 0.745. The van der Waals surface area contributed by atoms with E-state index in [2.05, 4.69) is 4.90 Å². The van der Waals surface area contributed by atoms with Crippen LogP contribution in [0.2, 0.25) is 10.0 Å². The van der Waals surface area contributed by atoms with Crippen LogP contribution in [-0.2, 0) is 17.8 Å². The zero-order chi connectivity index (χ0) is 19.8. The molecule has 2 aliphatic rings. The molecule has 1 atom stereocenters. The van der Waals surface area contributed by atoms with E-state index < -0.39 is 0 Å². The molecule has 2 aromatic rings. The molecule has 150 valence electrons. The number of aryl methyl sites for hydroxylation is 1. The number of halogens is 2. The molecule has 28 heavy (non-hydrogen) atoms. The van der Waals surface area contributed by atoms with Crippen LogP contribution in [0.15, 0.2) is 23.0 Å². The van der Waals surface area contributed by atoms with Gasteiger partial charge in [-0.3, -0.25) is 19.2 Å². The molecule has 4 rings (SSSR count). The molecule has 1 saturated heterocycles. The summed E-state index contributed by atoms with van der Waals surface area (Å²) in [4.78, 5) is 22.1. The maximum absolute atomic E-state index is 13.1. The number of rotatable bonds is 4. The van der Waals surface area contributed by atoms with E-state index in [4.69, 9.17) is 32.9 Å². The van der Waals surface area contributed by atoms with Crippen LogP contribution in [0.3, 0.4) is 0 Å². The molecule has 8 heteroatoms. The number of nitrogens with zero attached hydrogens (tertiary/aromatic N) is 4. The van der Waals surface area contributed by atoms with Crippen molar-refractivity contribution in [3.8, 4) is 0 Å². The maximum Gasteiger partial charge on any atom is 0.259 e. The lowest BCUT2D eigenvalue weighted by atomic mass is 10.2. The number of hydrogen-bond acceptors (Lipinski definition) is 5. The van der Waals surface area contributed by atoms with Gasteiger partial charge in [-0.25, -0.2) is 4.98 Å². The van der Waals surface area contributed by atoms with E-state index in [-0.39, 0.29) is 11.7 Å². The number of ether oxygens (including phenoxy) is 1. The molecule has 0 bridgehead atoms. The van der Waals surface area contributed by atoms with Gasteiger partial charge >= 0.3 is 0 Å². The number of fused-ring (bicyclic) bond motifs is 1. The Hall–Kier alpha value is -1.60. The average molecular weight is 423 g/mol. The van der Waals surface area contributed by atoms with Crippen molar-refractivity contribution in [2.45, 2.75) is 45.9 Å². The van der Waals surface area contributed by atoms with Crippen LogP contribution in [0, 0.1) is 6.92 Å². The van der Waals surface area contributed by atoms with E-state index >= 15 is 0 Å². The zero-order valence-electron chi connectivity index (χ0n) is 16.1. The second-order valence-electron chi connectivity index (χ2n) is 7.39. The Morgan fingerprint density at radius 3 is 2.61 bits per heavy atom. The van der Waals surface area contributed by atoms with Crippen molar-refractivity contribution in [2.75, 3.05) is 24.7 Å². The van der Waals surface area contributed by atoms with Crippen molar-refractivity contribution in [3.05, 3.63) is 49.9 Å². The molecular formula is C20H24Cl2N4O2. The van der Waals surface area contributed by atoms with E-state index in [9.17, 15) is 4.79 Å². The fourth-order valence-corrected chi connectivity index (χ4v) is 4.53. The normalized spacial score (nSPS) is 19.9. The third kappa shape index (κ3) is 3.79. The molecule has 0 aliphatic carbocycles. The molecule has 1 fully saturated rings. The predicted molar refractivity (Wildman–Crippen MR) is 112 cm³/mol. The molecular weight excluding hydrogens is 399 g/mol. The van der Waals surface area contributed by atoms with Crippen LogP contribution in [0.5, 0.6) is 0 Å². The molecule has 0 saturated carbocycles. The molecule has 6 nitrogen and oxygen atoms in total. The highest BCUT2D eigenvalue weighted by molar-refractivity contribution is 6.35. The van der Waals surface area contributed by atoms with Gasteiger partial charge in [0, 0.05) is 40.1 Å². The Morgan fingerprint density at radius 1 is 1.21 bits per heavy atom. The summed E-state index contributed by atoms with van der Waals surface area (Å²) < 4.78 is 7.56. The summed E-state index contributed by atoms with van der Waals surface area (Å²) in [7, 11) is 0. The van der Waals surface area contributed by atoms with Gasteiger partial charge in [0.2, 0.25) is 5.95 Å². The van der Waals surface area contributed by atoms with Crippen LogP contribution in [-0.4, -0.2) is 40.4 Å². The summed E-state index contributed by atoms with van der Waals surface area (Å²) in [5.74, 6) is 0.627. The monoisotopic (exact) mass is 422 g/mol. The molecule has 0 N–H and O–H groups in total. The Labute approximate surface area is 174 Å². The van der Waals surface area contributed by atoms with Crippen LogP contribution in [0.4, 0.5) is 11.6 Å². The fraction of sp³-hybridized carbons (Fsp3) is 0.500. The van der Waals surface area contributed by atoms with Crippen molar-refractivity contribution in [1.82, 2.24) is 14.5 Å². The average Bonchev–Trinajstić information content (AvgIpc) is 3.14. The largest absolute Gasteiger partial charge is 0.377 e. The third-order valence-corrected chi connectivity index (χ3v) is 5.81. The summed E-state index contributed by atoms with van der Waals surface area (Å²) in [6.45, 7) is 6.55. The van der Waals surface area contributed by atoms with Crippen molar-refractivity contribution >= 4 is 34.8 Å². The van der Waals surface area contributed by atoms with Crippen molar-refractivity contribution in [2.24, 2.45) is 0 Å². The highest BCUT2D eigenvalue weighted by atomic mass is 35.5. The van der Waals surface area contributed by atoms with Gasteiger partial charge in [0.1, 0.15) is 0 Å². The molecule has 2 aliphatic heterocycles. The summed E-state index contributed by atoms with van der Waals surface area (Å²) in [6.07, 6.45) is 3.00. The Morgan fingerprint density at radius 2 is 1.96 bits per heavy atom. The van der Waals surface area contributed by atoms with Gasteiger partial charge in [0.25, 0.3) is 5.56 Å². The summed E-state index contributed by atoms with van der Waals surface area (Å²) in [5.41, 5.74) is 2.36. The van der Waals surface area contributed by atoms with E-state index in [1.54, 1.807) is 10.6 Å². The first-order valence-corrected chi connectivity index (χ1v) is 10.4. The maximum atomic E-state index is 13.1. The molecule has 3 heterocycles. The van der Waals surface area contributed by atoms with E-state index in [1.807, 2.05) is 30.9 Å². The lowest BCUT2D eigenvalue weighted by Gasteiger charge is -2.39. The standard InChI is InChI=1S/C20H24Cl2N4O2/c1-3-18-13(2)23-20-25(16-8-14(21)7-15(22)9-16)11-24(12-26(20)19(18)27)10-17-5-4-6-28-17/h7-9,17H,3-6,10-12H2,1-2H3. The first kappa shape index (κ1) is 19.7. The number of aromatic nitrogens is 2. The molecule has 0 amide bonds. The second-order valence-corrected chi connectivity index (χ2v) is 8.26. The minimum atomic E-state index is 0.0140. The van der Waals surface area contributed by atoms with Crippen molar-refractivity contribution < 1.29 is 4.74 Å². The van der Waals surface area contributed by atoms with E-state index in [1.165, 1.54) is 0 Å². The first-order chi connectivity index (χ1) is 13.5. The Kier molecular flexibility index (Phi) is 5.65. The van der Waals surface area contributed by atoms with Gasteiger partial charge in [-0.2, -0.15) is 0 Å². The molecule has 1 aromatic carbocycles. The van der Waals surface area contributed by atoms with E-state index in [0.29, 0.717) is 35.8 Å². The number of benzene rings is 1. The lowest BCUT2D eigenvalue weighted by Crippen LogP contribution is -2.49. The van der Waals surface area contributed by atoms with Gasteiger partial charge in [-0.1, -0.05) is 30.1 Å². The van der Waals surface area contributed by atoms with Gasteiger partial charge in [0.15, 0.2) is 0 Å². The van der Waals surface area contributed by atoms with Crippen LogP contribution in [0.25, 0.3) is 0 Å². The Balaban J connectivity index is 1.79. The van der Waals surface area contributed by atoms with Crippen LogP contribution < -0.4 is 10.5 Å². The third-order valence-electron chi connectivity index (χ3n) is 5.37. The highest BCUT2D eigenvalue weighted by Gasteiger charge is 2.30. The van der Waals surface area contributed by atoms with Crippen molar-refractivity contribution in [1.29, 1.82) is 0 Å². The first-order valence-electron chi connectivity index (χ1n) is 9.64. The van der Waals surface area contributed by atoms with Crippen LogP contribution in [0.1, 0.15) is 31.0 Å². The summed E-state index contributed by atoms with van der Waals surface area (Å²) in [5, 5.41) is 1.10. The van der Waals surface area contributed by atoms with E-state index in [0.717, 1.165) is 42.9 Å². The van der Waals surface area contributed by atoms with Gasteiger partial charge in [0.05, 0.1) is 19.4 Å². The predicted octanol–water partition coefficient (Wildman–Crippen LogP) is 3.97. The fourth-order valence-electron chi connectivity index (χ4n) is 4.02. The Bertz CT molecular complexity index is 920. The summed E-state index contributed by atoms with van der Waals surface area (Å²) >= 11 is 12.5. The van der Waals surface area contributed by atoms with Gasteiger partial charge in [-0.15, -0.1) is 0 Å². The van der Waals surface area contributed by atoms with Crippen LogP contribution >= 0.6 is 23.2 Å². The SMILES string of the molecule is CCc1c(C)nc2n(c1=O)CN(CC1CCCO1)CN2c1cc(Cl)cc(Cl)c1. The molecule has 1 unspecified atom stereocenters. The number of anilines is 2. The highest BCUT2D eigenvalue weighted by Crippen LogP contribution is 2.32. The molecule has 0 spiro atoms. The molecule has 0 radical (unpaired) electrons. The van der Waals surface area contributed by atoms with Crippen molar-refractivity contribution in [3.63, 3.8) is 0 Å². The number of hydrogen-bond donors (Lipinski definition) is 0. The minimum absolute atomic E-state index is 0.0140. The summed E-state index contributed by atoms with van der Waals surface area (Å²) in [6, 6.07) is 5.40. The van der Waals surface area contributed by atoms with Gasteiger partial charge in [-0.05, 0) is 44.4 Å². The smallest absolute Gasteiger partial charge is 0.259 e. The second kappa shape index (κ2) is 8.03. The van der Waals surface area contributed by atoms with Gasteiger partial charge < -0.3 is 4.74 Å². The zero-order valence-corrected chi connectivity index (χ0v) is 17.6. The minimum Gasteiger partial charge on any atom is -0.377 e. The lowest BCUT2D eigenvalue weighted by molar-refractivity contribution is 0.0584. The molecule has 1 aromatic heterocycles. The topological polar surface area (TPSA) is 50.6 Å².